The fraction of sp³-hybridized carbons (Fsp3) is 0.882. The molecule has 0 saturated heterocycles. The average Bonchev–Trinajstić information content (AvgIpc) is 2.62. The molecule has 0 unspecified atom stereocenters. The second-order valence-corrected chi connectivity index (χ2v) is 7.93. The summed E-state index contributed by atoms with van der Waals surface area (Å²) >= 11 is 1.60. The molecule has 0 spiro atoms. The summed E-state index contributed by atoms with van der Waals surface area (Å²) in [6, 6.07) is -0.473. The zero-order chi connectivity index (χ0) is 17.1. The number of rotatable bonds is 7. The third-order valence-corrected chi connectivity index (χ3v) is 5.39. The van der Waals surface area contributed by atoms with Gasteiger partial charge in [-0.1, -0.05) is 45.4 Å². The second-order valence-electron chi connectivity index (χ2n) is 6.82. The quantitative estimate of drug-likeness (QED) is 0.489. The van der Waals surface area contributed by atoms with E-state index in [1.165, 1.54) is 25.7 Å². The van der Waals surface area contributed by atoms with E-state index in [1.807, 2.05) is 0 Å². The maximum atomic E-state index is 12.5. The van der Waals surface area contributed by atoms with Crippen LogP contribution in [0.5, 0.6) is 0 Å². The maximum absolute atomic E-state index is 12.5. The molecule has 1 atom stereocenters. The Morgan fingerprint density at radius 2 is 1.65 bits per heavy atom. The van der Waals surface area contributed by atoms with Crippen molar-refractivity contribution >= 4 is 23.6 Å². The molecular formula is C17H33N3O2S. The van der Waals surface area contributed by atoms with Crippen LogP contribution in [0.3, 0.4) is 0 Å². The summed E-state index contributed by atoms with van der Waals surface area (Å²) in [5, 5.41) is 5.82. The summed E-state index contributed by atoms with van der Waals surface area (Å²) in [5.41, 5.74) is 5.26. The molecule has 1 aliphatic carbocycles. The van der Waals surface area contributed by atoms with Crippen molar-refractivity contribution in [2.45, 2.75) is 71.3 Å². The molecule has 6 heteroatoms. The van der Waals surface area contributed by atoms with Gasteiger partial charge in [-0.2, -0.15) is 0 Å². The molecule has 1 aliphatic rings. The Kier molecular flexibility index (Phi) is 9.63. The van der Waals surface area contributed by atoms with E-state index < -0.39 is 6.04 Å². The van der Waals surface area contributed by atoms with Crippen LogP contribution in [-0.2, 0) is 9.59 Å². The molecule has 1 rings (SSSR count). The Balaban J connectivity index is 2.22. The standard InChI is InChI=1S/C17H33N3O2S/c1-14(18)15(21)20-13-23-12-11-19-16(22)17(2)9-7-5-3-4-6-8-10-17/h14H,3-13,18H2,1-2H3,(H,19,22)(H,20,21)/t14-/m0/s1. The van der Waals surface area contributed by atoms with E-state index in [2.05, 4.69) is 17.6 Å². The van der Waals surface area contributed by atoms with E-state index in [-0.39, 0.29) is 17.2 Å². The van der Waals surface area contributed by atoms with Crippen LogP contribution in [0.25, 0.3) is 0 Å². The highest BCUT2D eigenvalue weighted by atomic mass is 32.2. The molecule has 0 heterocycles. The Bertz CT molecular complexity index is 365. The molecule has 0 aliphatic heterocycles. The molecule has 0 radical (unpaired) electrons. The highest BCUT2D eigenvalue weighted by Crippen LogP contribution is 2.33. The molecular weight excluding hydrogens is 310 g/mol. The normalized spacial score (nSPS) is 19.8. The van der Waals surface area contributed by atoms with Crippen molar-refractivity contribution < 1.29 is 9.59 Å². The fourth-order valence-electron chi connectivity index (χ4n) is 2.89. The lowest BCUT2D eigenvalue weighted by molar-refractivity contribution is -0.131. The topological polar surface area (TPSA) is 84.2 Å². The van der Waals surface area contributed by atoms with E-state index in [0.29, 0.717) is 12.4 Å². The Hall–Kier alpha value is -0.750. The maximum Gasteiger partial charge on any atom is 0.237 e. The number of nitrogens with two attached hydrogens (primary N) is 1. The summed E-state index contributed by atoms with van der Waals surface area (Å²) in [5.74, 6) is 1.38. The van der Waals surface area contributed by atoms with Crippen LogP contribution in [0.2, 0.25) is 0 Å². The molecule has 5 nitrogen and oxygen atoms in total. The molecule has 23 heavy (non-hydrogen) atoms. The summed E-state index contributed by atoms with van der Waals surface area (Å²) in [7, 11) is 0. The van der Waals surface area contributed by atoms with Gasteiger partial charge in [0, 0.05) is 17.7 Å². The minimum absolute atomic E-state index is 0.139. The zero-order valence-corrected chi connectivity index (χ0v) is 15.5. The first kappa shape index (κ1) is 20.3. The predicted octanol–water partition coefficient (Wildman–Crippen LogP) is 2.40. The van der Waals surface area contributed by atoms with Crippen LogP contribution in [0, 0.1) is 5.41 Å². The predicted molar refractivity (Wildman–Crippen MR) is 97.2 cm³/mol. The fourth-order valence-corrected chi connectivity index (χ4v) is 3.53. The van der Waals surface area contributed by atoms with E-state index >= 15 is 0 Å². The SMILES string of the molecule is C[C@H](N)C(=O)NCSCCNC(=O)C1(C)CCCCCCCC1. The van der Waals surface area contributed by atoms with E-state index in [4.69, 9.17) is 5.73 Å². The Labute approximate surface area is 144 Å². The smallest absolute Gasteiger partial charge is 0.237 e. The third kappa shape index (κ3) is 8.06. The average molecular weight is 344 g/mol. The van der Waals surface area contributed by atoms with Crippen LogP contribution >= 0.6 is 11.8 Å². The second kappa shape index (κ2) is 10.9. The van der Waals surface area contributed by atoms with E-state index in [0.717, 1.165) is 31.4 Å². The van der Waals surface area contributed by atoms with Crippen LogP contribution in [0.15, 0.2) is 0 Å². The van der Waals surface area contributed by atoms with Gasteiger partial charge in [0.05, 0.1) is 11.9 Å². The van der Waals surface area contributed by atoms with Gasteiger partial charge in [-0.05, 0) is 19.8 Å². The first-order valence-electron chi connectivity index (χ1n) is 8.85. The molecule has 2 amide bonds. The van der Waals surface area contributed by atoms with Crippen molar-refractivity contribution in [1.29, 1.82) is 0 Å². The van der Waals surface area contributed by atoms with Crippen molar-refractivity contribution in [3.63, 3.8) is 0 Å². The number of carbonyl (C=O) groups is 2. The Morgan fingerprint density at radius 3 is 2.22 bits per heavy atom. The van der Waals surface area contributed by atoms with Gasteiger partial charge in [-0.3, -0.25) is 9.59 Å². The monoisotopic (exact) mass is 343 g/mol. The first-order valence-corrected chi connectivity index (χ1v) is 10.0. The Morgan fingerprint density at radius 1 is 1.09 bits per heavy atom. The van der Waals surface area contributed by atoms with Gasteiger partial charge in [0.2, 0.25) is 11.8 Å². The third-order valence-electron chi connectivity index (χ3n) is 4.55. The van der Waals surface area contributed by atoms with Gasteiger partial charge in [0.25, 0.3) is 0 Å². The van der Waals surface area contributed by atoms with Crippen LogP contribution in [0.1, 0.15) is 65.2 Å². The number of nitrogens with one attached hydrogen (secondary N) is 2. The van der Waals surface area contributed by atoms with E-state index in [1.54, 1.807) is 18.7 Å². The van der Waals surface area contributed by atoms with Crippen molar-refractivity contribution in [2.24, 2.45) is 11.1 Å². The number of hydrogen-bond donors (Lipinski definition) is 3. The van der Waals surface area contributed by atoms with Crippen molar-refractivity contribution in [1.82, 2.24) is 10.6 Å². The highest BCUT2D eigenvalue weighted by Gasteiger charge is 2.32. The zero-order valence-electron chi connectivity index (χ0n) is 14.7. The van der Waals surface area contributed by atoms with Gasteiger partial charge in [0.15, 0.2) is 0 Å². The van der Waals surface area contributed by atoms with Gasteiger partial charge < -0.3 is 16.4 Å². The molecule has 0 aromatic carbocycles. The summed E-state index contributed by atoms with van der Waals surface area (Å²) < 4.78 is 0. The number of thioether (sulfide) groups is 1. The lowest BCUT2D eigenvalue weighted by atomic mass is 9.79. The largest absolute Gasteiger partial charge is 0.355 e. The number of hydrogen-bond acceptors (Lipinski definition) is 4. The number of carbonyl (C=O) groups excluding carboxylic acids is 2. The van der Waals surface area contributed by atoms with Crippen molar-refractivity contribution in [3.05, 3.63) is 0 Å². The van der Waals surface area contributed by atoms with Gasteiger partial charge in [0.1, 0.15) is 0 Å². The summed E-state index contributed by atoms with van der Waals surface area (Å²) in [6.45, 7) is 4.43. The van der Waals surface area contributed by atoms with Crippen molar-refractivity contribution in [2.75, 3.05) is 18.2 Å². The van der Waals surface area contributed by atoms with Crippen LogP contribution in [-0.4, -0.2) is 36.0 Å². The van der Waals surface area contributed by atoms with Gasteiger partial charge in [-0.15, -0.1) is 11.8 Å². The van der Waals surface area contributed by atoms with Crippen molar-refractivity contribution in [3.8, 4) is 0 Å². The lowest BCUT2D eigenvalue weighted by Gasteiger charge is -2.28. The minimum atomic E-state index is -0.473. The minimum Gasteiger partial charge on any atom is -0.355 e. The van der Waals surface area contributed by atoms with Gasteiger partial charge in [-0.25, -0.2) is 0 Å². The van der Waals surface area contributed by atoms with Gasteiger partial charge >= 0.3 is 0 Å². The summed E-state index contributed by atoms with van der Waals surface area (Å²) in [4.78, 5) is 23.8. The summed E-state index contributed by atoms with van der Waals surface area (Å²) in [6.07, 6.45) is 9.41. The molecule has 0 aromatic heterocycles. The molecule has 1 fully saturated rings. The van der Waals surface area contributed by atoms with Crippen LogP contribution < -0.4 is 16.4 Å². The first-order chi connectivity index (χ1) is 11.0. The van der Waals surface area contributed by atoms with E-state index in [9.17, 15) is 9.59 Å². The molecule has 4 N–H and O–H groups in total. The van der Waals surface area contributed by atoms with Crippen LogP contribution in [0.4, 0.5) is 0 Å². The lowest BCUT2D eigenvalue weighted by Crippen LogP contribution is -2.40. The highest BCUT2D eigenvalue weighted by molar-refractivity contribution is 7.99. The molecule has 134 valence electrons. The number of amides is 2. The molecule has 1 saturated carbocycles. The molecule has 0 aromatic rings. The molecule has 0 bridgehead atoms.